The molecule has 0 heterocycles. The highest BCUT2D eigenvalue weighted by molar-refractivity contribution is 5.85. The van der Waals surface area contributed by atoms with Crippen LogP contribution in [0.5, 0.6) is 0 Å². The Hall–Kier alpha value is -1.14. The van der Waals surface area contributed by atoms with E-state index >= 15 is 0 Å². The molecule has 0 unspecified atom stereocenters. The van der Waals surface area contributed by atoms with Gasteiger partial charge in [0, 0.05) is 13.2 Å². The molecule has 0 saturated heterocycles. The molecule has 6 heteroatoms. The van der Waals surface area contributed by atoms with Crippen LogP contribution in [0.15, 0.2) is 0 Å². The van der Waals surface area contributed by atoms with Crippen LogP contribution in [0.2, 0.25) is 0 Å². The minimum Gasteiger partial charge on any atom is -0.481 e. The highest BCUT2D eigenvalue weighted by Crippen LogP contribution is 2.31. The summed E-state index contributed by atoms with van der Waals surface area (Å²) in [6.45, 7) is 4.96. The van der Waals surface area contributed by atoms with Crippen molar-refractivity contribution in [3.8, 4) is 0 Å². The van der Waals surface area contributed by atoms with Gasteiger partial charge in [-0.15, -0.1) is 0 Å². The van der Waals surface area contributed by atoms with E-state index in [4.69, 9.17) is 14.6 Å². The lowest BCUT2D eigenvalue weighted by Crippen LogP contribution is -2.40. The number of hydrogen-bond donors (Lipinski definition) is 2. The van der Waals surface area contributed by atoms with E-state index in [2.05, 4.69) is 5.32 Å². The summed E-state index contributed by atoms with van der Waals surface area (Å²) in [7, 11) is 0. The van der Waals surface area contributed by atoms with Gasteiger partial charge in [-0.1, -0.05) is 6.42 Å². The zero-order valence-electron chi connectivity index (χ0n) is 11.6. The van der Waals surface area contributed by atoms with Gasteiger partial charge in [0.05, 0.1) is 18.4 Å². The topological polar surface area (TPSA) is 84.9 Å². The Bertz CT molecular complexity index is 301. The van der Waals surface area contributed by atoms with Gasteiger partial charge in [-0.25, -0.2) is 0 Å². The summed E-state index contributed by atoms with van der Waals surface area (Å²) in [4.78, 5) is 23.0. The molecule has 2 atom stereocenters. The van der Waals surface area contributed by atoms with Crippen LogP contribution >= 0.6 is 0 Å². The zero-order chi connectivity index (χ0) is 14.3. The third-order valence-electron chi connectivity index (χ3n) is 3.32. The van der Waals surface area contributed by atoms with Crippen molar-refractivity contribution in [2.24, 2.45) is 11.8 Å². The normalized spacial score (nSPS) is 22.7. The van der Waals surface area contributed by atoms with Crippen LogP contribution in [0.3, 0.4) is 0 Å². The van der Waals surface area contributed by atoms with Crippen molar-refractivity contribution >= 4 is 11.9 Å². The Morgan fingerprint density at radius 2 is 1.79 bits per heavy atom. The molecule has 1 aliphatic carbocycles. The Kier molecular flexibility index (Phi) is 6.80. The first kappa shape index (κ1) is 15.9. The van der Waals surface area contributed by atoms with Gasteiger partial charge in [-0.3, -0.25) is 9.59 Å². The Morgan fingerprint density at radius 3 is 2.32 bits per heavy atom. The monoisotopic (exact) mass is 273 g/mol. The summed E-state index contributed by atoms with van der Waals surface area (Å²) >= 11 is 0. The highest BCUT2D eigenvalue weighted by Gasteiger charge is 2.37. The van der Waals surface area contributed by atoms with Gasteiger partial charge in [-0.05, 0) is 26.7 Å². The zero-order valence-corrected chi connectivity index (χ0v) is 11.6. The average Bonchev–Trinajstić information content (AvgIpc) is 2.85. The van der Waals surface area contributed by atoms with E-state index in [-0.39, 0.29) is 12.5 Å². The fourth-order valence-corrected chi connectivity index (χ4v) is 2.42. The van der Waals surface area contributed by atoms with E-state index in [1.54, 1.807) is 0 Å². The lowest BCUT2D eigenvalue weighted by atomic mass is 9.95. The lowest BCUT2D eigenvalue weighted by molar-refractivity contribution is -0.148. The molecule has 0 aromatic carbocycles. The molecule has 0 aromatic rings. The average molecular weight is 273 g/mol. The molecule has 1 saturated carbocycles. The lowest BCUT2D eigenvalue weighted by Gasteiger charge is -2.20. The number of carbonyl (C=O) groups excluding carboxylic acids is 1. The summed E-state index contributed by atoms with van der Waals surface area (Å²) in [6.07, 6.45) is 1.53. The number of aliphatic carboxylic acids is 1. The predicted octanol–water partition coefficient (Wildman–Crippen LogP) is 1.00. The van der Waals surface area contributed by atoms with Crippen LogP contribution in [0.4, 0.5) is 0 Å². The van der Waals surface area contributed by atoms with Gasteiger partial charge in [0.1, 0.15) is 0 Å². The van der Waals surface area contributed by atoms with Crippen molar-refractivity contribution in [1.82, 2.24) is 5.32 Å². The van der Waals surface area contributed by atoms with E-state index in [0.717, 1.165) is 6.42 Å². The summed E-state index contributed by atoms with van der Waals surface area (Å²) in [5, 5.41) is 11.8. The molecule has 0 aromatic heterocycles. The maximum absolute atomic E-state index is 12.0. The first-order valence-electron chi connectivity index (χ1n) is 6.83. The van der Waals surface area contributed by atoms with Crippen LogP contribution in [0.25, 0.3) is 0 Å². The van der Waals surface area contributed by atoms with Gasteiger partial charge >= 0.3 is 5.97 Å². The van der Waals surface area contributed by atoms with E-state index in [1.165, 1.54) is 0 Å². The van der Waals surface area contributed by atoms with E-state index in [0.29, 0.717) is 26.1 Å². The molecule has 6 nitrogen and oxygen atoms in total. The highest BCUT2D eigenvalue weighted by atomic mass is 16.7. The SMILES string of the molecule is CCOC(CNC(=O)[C@@H]1CCC[C@@H]1C(=O)O)OCC. The van der Waals surface area contributed by atoms with Crippen molar-refractivity contribution in [3.63, 3.8) is 0 Å². The number of carbonyl (C=O) groups is 2. The predicted molar refractivity (Wildman–Crippen MR) is 68.5 cm³/mol. The summed E-state index contributed by atoms with van der Waals surface area (Å²) in [5.41, 5.74) is 0. The van der Waals surface area contributed by atoms with Gasteiger partial charge in [-0.2, -0.15) is 0 Å². The fraction of sp³-hybridized carbons (Fsp3) is 0.846. The third-order valence-corrected chi connectivity index (χ3v) is 3.32. The van der Waals surface area contributed by atoms with Gasteiger partial charge in [0.15, 0.2) is 6.29 Å². The van der Waals surface area contributed by atoms with Crippen molar-refractivity contribution < 1.29 is 24.2 Å². The molecule has 1 rings (SSSR count). The summed E-state index contributed by atoms with van der Waals surface area (Å²) < 4.78 is 10.6. The van der Waals surface area contributed by atoms with Crippen LogP contribution in [-0.2, 0) is 19.1 Å². The number of carboxylic acids is 1. The molecule has 110 valence electrons. The molecule has 2 N–H and O–H groups in total. The molecule has 1 amide bonds. The van der Waals surface area contributed by atoms with E-state index < -0.39 is 24.1 Å². The minimum atomic E-state index is -0.885. The third kappa shape index (κ3) is 4.80. The van der Waals surface area contributed by atoms with Crippen LogP contribution in [0.1, 0.15) is 33.1 Å². The maximum Gasteiger partial charge on any atom is 0.307 e. The Labute approximate surface area is 113 Å². The molecule has 1 fully saturated rings. The number of carboxylic acid groups (broad SMARTS) is 1. The van der Waals surface area contributed by atoms with Gasteiger partial charge < -0.3 is 19.9 Å². The fourth-order valence-electron chi connectivity index (χ4n) is 2.42. The maximum atomic E-state index is 12.0. The minimum absolute atomic E-state index is 0.214. The molecule has 0 bridgehead atoms. The van der Waals surface area contributed by atoms with Crippen molar-refractivity contribution in [3.05, 3.63) is 0 Å². The summed E-state index contributed by atoms with van der Waals surface area (Å²) in [5.74, 6) is -2.09. The van der Waals surface area contributed by atoms with Gasteiger partial charge in [0.2, 0.25) is 5.91 Å². The number of amides is 1. The number of nitrogens with one attached hydrogen (secondary N) is 1. The molecular formula is C13H23NO5. The van der Waals surface area contributed by atoms with E-state index in [1.807, 2.05) is 13.8 Å². The largest absolute Gasteiger partial charge is 0.481 e. The molecule has 0 spiro atoms. The van der Waals surface area contributed by atoms with Crippen LogP contribution in [0, 0.1) is 11.8 Å². The number of hydrogen-bond acceptors (Lipinski definition) is 4. The molecule has 0 aliphatic heterocycles. The van der Waals surface area contributed by atoms with E-state index in [9.17, 15) is 9.59 Å². The standard InChI is InChI=1S/C13H23NO5/c1-3-18-11(19-4-2)8-14-12(15)9-6-5-7-10(9)13(16)17/h9-11H,3-8H2,1-2H3,(H,14,15)(H,16,17)/t9-,10+/m1/s1. The van der Waals surface area contributed by atoms with Crippen LogP contribution in [-0.4, -0.2) is 43.0 Å². The smallest absolute Gasteiger partial charge is 0.307 e. The van der Waals surface area contributed by atoms with Crippen molar-refractivity contribution in [2.45, 2.75) is 39.4 Å². The summed E-state index contributed by atoms with van der Waals surface area (Å²) in [6, 6.07) is 0. The second-order valence-corrected chi connectivity index (χ2v) is 4.57. The quantitative estimate of drug-likeness (QED) is 0.644. The second kappa shape index (κ2) is 8.12. The number of rotatable bonds is 8. The second-order valence-electron chi connectivity index (χ2n) is 4.57. The Morgan fingerprint density at radius 1 is 1.21 bits per heavy atom. The molecule has 0 radical (unpaired) electrons. The number of ether oxygens (including phenoxy) is 2. The first-order chi connectivity index (χ1) is 9.10. The van der Waals surface area contributed by atoms with Crippen molar-refractivity contribution in [1.29, 1.82) is 0 Å². The van der Waals surface area contributed by atoms with Crippen LogP contribution < -0.4 is 5.32 Å². The first-order valence-corrected chi connectivity index (χ1v) is 6.83. The van der Waals surface area contributed by atoms with Gasteiger partial charge in [0.25, 0.3) is 0 Å². The van der Waals surface area contributed by atoms with Crippen molar-refractivity contribution in [2.75, 3.05) is 19.8 Å². The molecule has 19 heavy (non-hydrogen) atoms. The molecule has 1 aliphatic rings. The molecular weight excluding hydrogens is 250 g/mol. The Balaban J connectivity index is 2.43.